The Kier molecular flexibility index (Phi) is 4.80. The summed E-state index contributed by atoms with van der Waals surface area (Å²) in [7, 11) is 0. The lowest BCUT2D eigenvalue weighted by atomic mass is 9.61. The number of allylic oxidation sites excluding steroid dienone is 7. The minimum Gasteiger partial charge on any atom is -0.488 e. The van der Waals surface area contributed by atoms with Gasteiger partial charge < -0.3 is 9.47 Å². The molecule has 152 valence electrons. The lowest BCUT2D eigenvalue weighted by Crippen LogP contribution is -2.53. The Balaban J connectivity index is 1.95. The van der Waals surface area contributed by atoms with E-state index in [0.29, 0.717) is 30.1 Å². The molecule has 1 fully saturated rings. The second kappa shape index (κ2) is 7.05. The maximum Gasteiger partial charge on any atom is 0.215 e. The quantitative estimate of drug-likeness (QED) is 0.484. The van der Waals surface area contributed by atoms with Gasteiger partial charge in [0.1, 0.15) is 23.7 Å². The van der Waals surface area contributed by atoms with Crippen LogP contribution in [-0.4, -0.2) is 18.0 Å². The second-order valence-electron chi connectivity index (χ2n) is 8.97. The van der Waals surface area contributed by atoms with E-state index >= 15 is 0 Å². The molecule has 3 atom stereocenters. The van der Waals surface area contributed by atoms with Crippen molar-refractivity contribution < 1.29 is 14.3 Å². The van der Waals surface area contributed by atoms with Crippen molar-refractivity contribution >= 4 is 5.78 Å². The van der Waals surface area contributed by atoms with Crippen molar-refractivity contribution in [3.63, 3.8) is 0 Å². The van der Waals surface area contributed by atoms with Crippen LogP contribution in [0.2, 0.25) is 0 Å². The zero-order chi connectivity index (χ0) is 20.8. The highest BCUT2D eigenvalue weighted by molar-refractivity contribution is 6.09. The highest BCUT2D eigenvalue weighted by Gasteiger charge is 2.62. The first-order chi connectivity index (χ1) is 13.8. The Bertz CT molecular complexity index is 952. The van der Waals surface area contributed by atoms with E-state index in [1.54, 1.807) is 0 Å². The van der Waals surface area contributed by atoms with Gasteiger partial charge in [0.05, 0.1) is 5.41 Å². The Morgan fingerprint density at radius 3 is 2.66 bits per heavy atom. The number of carbonyl (C=O) groups is 1. The monoisotopic (exact) mass is 390 g/mol. The zero-order valence-corrected chi connectivity index (χ0v) is 17.9. The van der Waals surface area contributed by atoms with Crippen LogP contribution in [0.5, 0.6) is 0 Å². The Hall–Kier alpha value is -2.55. The fourth-order valence-corrected chi connectivity index (χ4v) is 4.95. The van der Waals surface area contributed by atoms with Crippen molar-refractivity contribution in [2.75, 3.05) is 6.61 Å². The summed E-state index contributed by atoms with van der Waals surface area (Å²) in [6.45, 7) is 13.1. The first-order valence-corrected chi connectivity index (χ1v) is 10.5. The number of ketones is 1. The van der Waals surface area contributed by atoms with Crippen molar-refractivity contribution in [1.29, 1.82) is 0 Å². The SMILES string of the molecule is C=C1OC23CC(C)C(C)=CC2(C)/C=C(C)/C=C/CC/C=C2/C=CC(=C1C3=O)OC2. The van der Waals surface area contributed by atoms with E-state index in [4.69, 9.17) is 9.47 Å². The molecule has 1 spiro atoms. The molecule has 3 heteroatoms. The van der Waals surface area contributed by atoms with Gasteiger partial charge in [0.2, 0.25) is 5.78 Å². The molecule has 1 saturated heterocycles. The van der Waals surface area contributed by atoms with E-state index < -0.39 is 11.0 Å². The van der Waals surface area contributed by atoms with Gasteiger partial charge >= 0.3 is 0 Å². The Morgan fingerprint density at radius 2 is 1.93 bits per heavy atom. The van der Waals surface area contributed by atoms with Gasteiger partial charge in [0.25, 0.3) is 0 Å². The maximum atomic E-state index is 13.9. The minimum absolute atomic E-state index is 0.0180. The zero-order valence-electron chi connectivity index (χ0n) is 17.9. The van der Waals surface area contributed by atoms with Crippen LogP contribution in [-0.2, 0) is 14.3 Å². The van der Waals surface area contributed by atoms with Gasteiger partial charge in [-0.15, -0.1) is 0 Å². The fourth-order valence-electron chi connectivity index (χ4n) is 4.95. The third kappa shape index (κ3) is 3.17. The van der Waals surface area contributed by atoms with Gasteiger partial charge in [0, 0.05) is 6.42 Å². The molecule has 0 aromatic heterocycles. The van der Waals surface area contributed by atoms with Crippen molar-refractivity contribution in [1.82, 2.24) is 0 Å². The van der Waals surface area contributed by atoms with Crippen LogP contribution in [0, 0.1) is 11.3 Å². The highest BCUT2D eigenvalue weighted by Crippen LogP contribution is 2.55. The van der Waals surface area contributed by atoms with Crippen LogP contribution in [0.4, 0.5) is 0 Å². The minimum atomic E-state index is -0.992. The van der Waals surface area contributed by atoms with Gasteiger partial charge in [-0.2, -0.15) is 0 Å². The molecule has 0 aromatic rings. The first-order valence-electron chi connectivity index (χ1n) is 10.5. The average molecular weight is 391 g/mol. The van der Waals surface area contributed by atoms with Gasteiger partial charge in [-0.1, -0.05) is 61.1 Å². The average Bonchev–Trinajstić information content (AvgIpc) is 2.91. The van der Waals surface area contributed by atoms with Crippen LogP contribution in [0.15, 0.2) is 82.9 Å². The molecule has 3 unspecified atom stereocenters. The lowest BCUT2D eigenvalue weighted by molar-refractivity contribution is -0.139. The number of hydrogen-bond donors (Lipinski definition) is 0. The van der Waals surface area contributed by atoms with E-state index in [1.807, 2.05) is 12.2 Å². The summed E-state index contributed by atoms with van der Waals surface area (Å²) in [5.41, 5.74) is 2.48. The molecule has 29 heavy (non-hydrogen) atoms. The molecule has 5 aliphatic rings. The normalized spacial score (nSPS) is 39.2. The van der Waals surface area contributed by atoms with Crippen LogP contribution in [0.1, 0.15) is 47.0 Å². The Labute approximate surface area is 173 Å². The molecule has 3 aliphatic heterocycles. The molecular weight excluding hydrogens is 360 g/mol. The van der Waals surface area contributed by atoms with Crippen molar-refractivity contribution in [3.05, 3.63) is 82.9 Å². The molecule has 2 aliphatic carbocycles. The van der Waals surface area contributed by atoms with Crippen LogP contribution in [0.3, 0.4) is 0 Å². The van der Waals surface area contributed by atoms with Crippen molar-refractivity contribution in [2.24, 2.45) is 11.3 Å². The molecule has 5 rings (SSSR count). The van der Waals surface area contributed by atoms with Crippen LogP contribution < -0.4 is 0 Å². The summed E-state index contributed by atoms with van der Waals surface area (Å²) in [6.07, 6.45) is 17.4. The molecule has 0 radical (unpaired) electrons. The van der Waals surface area contributed by atoms with E-state index in [-0.39, 0.29) is 11.7 Å². The van der Waals surface area contributed by atoms with Crippen molar-refractivity contribution in [2.45, 2.75) is 52.6 Å². The third-order valence-electron chi connectivity index (χ3n) is 6.68. The standard InChI is InChI=1S/C26H30O3/c1-17-9-7-6-8-10-21-11-12-22(28-16-21)23-20(4)29-26(24(23)27)15-19(3)18(2)14-25(26,5)13-17/h7,9-14,19H,4,6,8,15-16H2,1-3,5H3/b9-7+,17-13+,21-10-,23-22?. The summed E-state index contributed by atoms with van der Waals surface area (Å²) < 4.78 is 12.4. The smallest absolute Gasteiger partial charge is 0.215 e. The lowest BCUT2D eigenvalue weighted by Gasteiger charge is -2.46. The summed E-state index contributed by atoms with van der Waals surface area (Å²) in [4.78, 5) is 13.9. The molecule has 0 amide bonds. The molecule has 0 N–H and O–H groups in total. The van der Waals surface area contributed by atoms with Gasteiger partial charge in [-0.05, 0) is 51.2 Å². The van der Waals surface area contributed by atoms with Crippen LogP contribution >= 0.6 is 0 Å². The maximum absolute atomic E-state index is 13.9. The summed E-state index contributed by atoms with van der Waals surface area (Å²) in [5.74, 6) is 1.23. The van der Waals surface area contributed by atoms with Gasteiger partial charge in [0.15, 0.2) is 5.60 Å². The molecule has 3 heterocycles. The number of ether oxygens (including phenoxy) is 2. The number of hydrogen-bond acceptors (Lipinski definition) is 3. The molecule has 0 saturated carbocycles. The van der Waals surface area contributed by atoms with Crippen LogP contribution in [0.25, 0.3) is 0 Å². The summed E-state index contributed by atoms with van der Waals surface area (Å²) in [5, 5.41) is 0. The molecule has 0 aromatic carbocycles. The molecule has 4 bridgehead atoms. The number of rotatable bonds is 0. The van der Waals surface area contributed by atoms with E-state index in [0.717, 1.165) is 24.0 Å². The summed E-state index contributed by atoms with van der Waals surface area (Å²) >= 11 is 0. The van der Waals surface area contributed by atoms with E-state index in [2.05, 4.69) is 64.7 Å². The third-order valence-corrected chi connectivity index (χ3v) is 6.68. The largest absolute Gasteiger partial charge is 0.488 e. The summed E-state index contributed by atoms with van der Waals surface area (Å²) in [6, 6.07) is 0. The molecular formula is C26H30O3. The predicted molar refractivity (Wildman–Crippen MR) is 116 cm³/mol. The van der Waals surface area contributed by atoms with Gasteiger partial charge in [-0.25, -0.2) is 0 Å². The topological polar surface area (TPSA) is 35.5 Å². The van der Waals surface area contributed by atoms with E-state index in [9.17, 15) is 4.79 Å². The Morgan fingerprint density at radius 1 is 1.14 bits per heavy atom. The fraction of sp³-hybridized carbons (Fsp3) is 0.423. The number of carbonyl (C=O) groups excluding carboxylic acids is 1. The first kappa shape index (κ1) is 19.8. The number of fused-ring (bicyclic) bond motifs is 5. The second-order valence-corrected chi connectivity index (χ2v) is 8.97. The van der Waals surface area contributed by atoms with Crippen molar-refractivity contribution in [3.8, 4) is 0 Å². The van der Waals surface area contributed by atoms with E-state index in [1.165, 1.54) is 5.57 Å². The number of Topliss-reactive ketones (excluding diaryl/α,β-unsaturated/α-hetero) is 1. The molecule has 3 nitrogen and oxygen atoms in total. The predicted octanol–water partition coefficient (Wildman–Crippen LogP) is 5.89. The highest BCUT2D eigenvalue weighted by atomic mass is 16.5. The van der Waals surface area contributed by atoms with Gasteiger partial charge in [-0.3, -0.25) is 4.79 Å².